The summed E-state index contributed by atoms with van der Waals surface area (Å²) in [5.41, 5.74) is 1.73. The second kappa shape index (κ2) is 10.5. The summed E-state index contributed by atoms with van der Waals surface area (Å²) in [5.74, 6) is -0.262. The Bertz CT molecular complexity index is 809. The summed E-state index contributed by atoms with van der Waals surface area (Å²) < 4.78 is 0. The van der Waals surface area contributed by atoms with Gasteiger partial charge in [0.25, 0.3) is 0 Å². The second-order valence-corrected chi connectivity index (χ2v) is 7.83. The zero-order valence-corrected chi connectivity index (χ0v) is 17.9. The highest BCUT2D eigenvalue weighted by molar-refractivity contribution is 6.42. The number of hydrogen-bond acceptors (Lipinski definition) is 2. The SMILES string of the molecule is CCC(C(=O)NC(C)C)N(Cc1ccc(Cl)c(Cl)c1)C(=O)Cc1ccccc1. The van der Waals surface area contributed by atoms with Crippen LogP contribution >= 0.6 is 23.2 Å². The molecule has 0 aromatic heterocycles. The van der Waals surface area contributed by atoms with Crippen LogP contribution in [0.3, 0.4) is 0 Å². The van der Waals surface area contributed by atoms with E-state index in [-0.39, 0.29) is 30.8 Å². The molecule has 0 fully saturated rings. The molecule has 0 bridgehead atoms. The lowest BCUT2D eigenvalue weighted by Gasteiger charge is -2.31. The number of halogens is 2. The van der Waals surface area contributed by atoms with E-state index in [4.69, 9.17) is 23.2 Å². The molecule has 0 saturated heterocycles. The van der Waals surface area contributed by atoms with Crippen LogP contribution in [0.2, 0.25) is 10.0 Å². The van der Waals surface area contributed by atoms with Gasteiger partial charge in [-0.15, -0.1) is 0 Å². The maximum Gasteiger partial charge on any atom is 0.243 e. The molecular formula is C22H26Cl2N2O2. The Kier molecular flexibility index (Phi) is 8.34. The number of carbonyl (C=O) groups is 2. The second-order valence-electron chi connectivity index (χ2n) is 7.02. The van der Waals surface area contributed by atoms with E-state index >= 15 is 0 Å². The maximum absolute atomic E-state index is 13.1. The minimum absolute atomic E-state index is 0.00222. The third-order valence-electron chi connectivity index (χ3n) is 4.35. The first kappa shape index (κ1) is 22.3. The van der Waals surface area contributed by atoms with E-state index in [1.165, 1.54) is 0 Å². The molecular weight excluding hydrogens is 395 g/mol. The summed E-state index contributed by atoms with van der Waals surface area (Å²) in [5, 5.41) is 3.80. The predicted molar refractivity (Wildman–Crippen MR) is 115 cm³/mol. The van der Waals surface area contributed by atoms with Crippen molar-refractivity contribution in [3.8, 4) is 0 Å². The molecule has 1 atom stereocenters. The number of amides is 2. The van der Waals surface area contributed by atoms with Gasteiger partial charge in [0, 0.05) is 12.6 Å². The Morgan fingerprint density at radius 1 is 1.00 bits per heavy atom. The van der Waals surface area contributed by atoms with Gasteiger partial charge in [-0.25, -0.2) is 0 Å². The van der Waals surface area contributed by atoms with Crippen LogP contribution in [0, 0.1) is 0 Å². The van der Waals surface area contributed by atoms with Crippen molar-refractivity contribution >= 4 is 35.0 Å². The smallest absolute Gasteiger partial charge is 0.243 e. The van der Waals surface area contributed by atoms with Crippen molar-refractivity contribution < 1.29 is 9.59 Å². The zero-order valence-electron chi connectivity index (χ0n) is 16.4. The maximum atomic E-state index is 13.1. The quantitative estimate of drug-likeness (QED) is 0.661. The predicted octanol–water partition coefficient (Wildman–Crippen LogP) is 4.87. The molecule has 2 rings (SSSR count). The van der Waals surface area contributed by atoms with Crippen molar-refractivity contribution in [2.45, 2.75) is 52.2 Å². The third-order valence-corrected chi connectivity index (χ3v) is 5.09. The summed E-state index contributed by atoms with van der Waals surface area (Å²) in [6, 6.07) is 14.2. The van der Waals surface area contributed by atoms with Crippen LogP contribution in [0.1, 0.15) is 38.3 Å². The molecule has 4 nitrogen and oxygen atoms in total. The average Bonchev–Trinajstić information content (AvgIpc) is 2.64. The molecule has 2 aromatic carbocycles. The number of nitrogens with one attached hydrogen (secondary N) is 1. The largest absolute Gasteiger partial charge is 0.352 e. The molecule has 150 valence electrons. The van der Waals surface area contributed by atoms with Gasteiger partial charge in [0.05, 0.1) is 16.5 Å². The van der Waals surface area contributed by atoms with Gasteiger partial charge in [-0.1, -0.05) is 66.5 Å². The highest BCUT2D eigenvalue weighted by Gasteiger charge is 2.29. The van der Waals surface area contributed by atoms with Crippen LogP contribution < -0.4 is 5.32 Å². The molecule has 0 heterocycles. The molecule has 28 heavy (non-hydrogen) atoms. The normalized spacial score (nSPS) is 11.9. The molecule has 0 saturated carbocycles. The van der Waals surface area contributed by atoms with Crippen molar-refractivity contribution in [2.24, 2.45) is 0 Å². The number of hydrogen-bond donors (Lipinski definition) is 1. The minimum Gasteiger partial charge on any atom is -0.352 e. The Balaban J connectivity index is 2.30. The molecule has 0 spiro atoms. The Morgan fingerprint density at radius 2 is 1.68 bits per heavy atom. The van der Waals surface area contributed by atoms with E-state index in [1.807, 2.05) is 57.2 Å². The molecule has 0 aliphatic rings. The van der Waals surface area contributed by atoms with Gasteiger partial charge in [-0.2, -0.15) is 0 Å². The lowest BCUT2D eigenvalue weighted by Crippen LogP contribution is -2.50. The van der Waals surface area contributed by atoms with Crippen LogP contribution in [0.4, 0.5) is 0 Å². The Hall–Kier alpha value is -2.04. The van der Waals surface area contributed by atoms with E-state index in [9.17, 15) is 9.59 Å². The van der Waals surface area contributed by atoms with Crippen LogP contribution in [0.15, 0.2) is 48.5 Å². The average molecular weight is 421 g/mol. The van der Waals surface area contributed by atoms with E-state index in [2.05, 4.69) is 5.32 Å². The summed E-state index contributed by atoms with van der Waals surface area (Å²) >= 11 is 12.1. The van der Waals surface area contributed by atoms with Gasteiger partial charge in [-0.3, -0.25) is 9.59 Å². The fourth-order valence-electron chi connectivity index (χ4n) is 3.01. The van der Waals surface area contributed by atoms with Gasteiger partial charge in [0.2, 0.25) is 11.8 Å². The Labute approximate surface area is 176 Å². The summed E-state index contributed by atoms with van der Waals surface area (Å²) in [7, 11) is 0. The molecule has 2 aromatic rings. The van der Waals surface area contributed by atoms with Crippen LogP contribution in [-0.4, -0.2) is 28.8 Å². The van der Waals surface area contributed by atoms with Crippen LogP contribution in [0.25, 0.3) is 0 Å². The van der Waals surface area contributed by atoms with Gasteiger partial charge < -0.3 is 10.2 Å². The van der Waals surface area contributed by atoms with Crippen LogP contribution in [-0.2, 0) is 22.6 Å². The number of carbonyl (C=O) groups excluding carboxylic acids is 2. The molecule has 6 heteroatoms. The third kappa shape index (κ3) is 6.25. The van der Waals surface area contributed by atoms with Gasteiger partial charge in [0.15, 0.2) is 0 Å². The van der Waals surface area contributed by atoms with Crippen molar-refractivity contribution in [3.05, 3.63) is 69.7 Å². The molecule has 1 N–H and O–H groups in total. The van der Waals surface area contributed by atoms with Crippen molar-refractivity contribution in [1.82, 2.24) is 10.2 Å². The van der Waals surface area contributed by atoms with Gasteiger partial charge >= 0.3 is 0 Å². The Morgan fingerprint density at radius 3 is 2.25 bits per heavy atom. The summed E-state index contributed by atoms with van der Waals surface area (Å²) in [6.07, 6.45) is 0.744. The topological polar surface area (TPSA) is 49.4 Å². The van der Waals surface area contributed by atoms with Crippen molar-refractivity contribution in [3.63, 3.8) is 0 Å². The fourth-order valence-corrected chi connectivity index (χ4v) is 3.33. The van der Waals surface area contributed by atoms with Crippen molar-refractivity contribution in [1.29, 1.82) is 0 Å². The lowest BCUT2D eigenvalue weighted by atomic mass is 10.1. The molecule has 0 radical (unpaired) electrons. The number of benzene rings is 2. The fraction of sp³-hybridized carbons (Fsp3) is 0.364. The molecule has 1 unspecified atom stereocenters. The van der Waals surface area contributed by atoms with Crippen LogP contribution in [0.5, 0.6) is 0 Å². The first-order chi connectivity index (χ1) is 13.3. The summed E-state index contributed by atoms with van der Waals surface area (Å²) in [6.45, 7) is 5.99. The standard InChI is InChI=1S/C22H26Cl2N2O2/c1-4-20(22(28)25-15(2)3)26(14-17-10-11-18(23)19(24)12-17)21(27)13-16-8-6-5-7-9-16/h5-12,15,20H,4,13-14H2,1-3H3,(H,25,28). The summed E-state index contributed by atoms with van der Waals surface area (Å²) in [4.78, 5) is 27.5. The molecule has 0 aliphatic heterocycles. The van der Waals surface area contributed by atoms with E-state index in [0.29, 0.717) is 16.5 Å². The van der Waals surface area contributed by atoms with Gasteiger partial charge in [0.1, 0.15) is 6.04 Å². The zero-order chi connectivity index (χ0) is 20.7. The molecule has 0 aliphatic carbocycles. The highest BCUT2D eigenvalue weighted by Crippen LogP contribution is 2.24. The first-order valence-corrected chi connectivity index (χ1v) is 10.1. The highest BCUT2D eigenvalue weighted by atomic mass is 35.5. The first-order valence-electron chi connectivity index (χ1n) is 9.39. The molecule has 2 amide bonds. The number of rotatable bonds is 8. The van der Waals surface area contributed by atoms with E-state index in [1.54, 1.807) is 17.0 Å². The van der Waals surface area contributed by atoms with E-state index < -0.39 is 6.04 Å². The number of nitrogens with zero attached hydrogens (tertiary/aromatic N) is 1. The lowest BCUT2D eigenvalue weighted by molar-refractivity contribution is -0.141. The monoisotopic (exact) mass is 420 g/mol. The van der Waals surface area contributed by atoms with E-state index in [0.717, 1.165) is 11.1 Å². The van der Waals surface area contributed by atoms with Gasteiger partial charge in [-0.05, 0) is 43.5 Å². The minimum atomic E-state index is -0.562. The van der Waals surface area contributed by atoms with Crippen molar-refractivity contribution in [2.75, 3.05) is 0 Å².